The molecular formula is C8H6ClNO2. The van der Waals surface area contributed by atoms with Crippen LogP contribution in [0.5, 0.6) is 0 Å². The van der Waals surface area contributed by atoms with Crippen LogP contribution < -0.4 is 0 Å². The molecule has 0 bridgehead atoms. The summed E-state index contributed by atoms with van der Waals surface area (Å²) < 4.78 is 0. The Balaban J connectivity index is 2.87. The van der Waals surface area contributed by atoms with Crippen LogP contribution in [0.15, 0.2) is 18.3 Å². The molecule has 0 radical (unpaired) electrons. The fourth-order valence-electron chi connectivity index (χ4n) is 0.769. The number of hydrogen-bond donors (Lipinski definition) is 0. The van der Waals surface area contributed by atoms with E-state index >= 15 is 0 Å². The third-order valence-corrected chi connectivity index (χ3v) is 1.52. The highest BCUT2D eigenvalue weighted by atomic mass is 35.5. The summed E-state index contributed by atoms with van der Waals surface area (Å²) in [4.78, 5) is 24.8. The molecule has 1 heterocycles. The van der Waals surface area contributed by atoms with E-state index in [1.165, 1.54) is 18.3 Å². The van der Waals surface area contributed by atoms with Gasteiger partial charge in [0.05, 0.1) is 6.42 Å². The number of aldehydes is 1. The Bertz CT molecular complexity index is 312. The predicted molar refractivity (Wildman–Crippen MR) is 44.3 cm³/mol. The molecule has 0 N–H and O–H groups in total. The van der Waals surface area contributed by atoms with Crippen molar-refractivity contribution >= 4 is 23.7 Å². The summed E-state index contributed by atoms with van der Waals surface area (Å²) in [6.07, 6.45) is 1.89. The van der Waals surface area contributed by atoms with E-state index in [2.05, 4.69) is 4.98 Å². The molecule has 0 aliphatic rings. The molecule has 0 aliphatic carbocycles. The first-order chi connectivity index (χ1) is 5.74. The zero-order chi connectivity index (χ0) is 8.97. The maximum atomic E-state index is 11.1. The second kappa shape index (κ2) is 3.97. The van der Waals surface area contributed by atoms with Gasteiger partial charge in [-0.05, 0) is 12.1 Å². The van der Waals surface area contributed by atoms with Gasteiger partial charge in [0.15, 0.2) is 5.78 Å². The summed E-state index contributed by atoms with van der Waals surface area (Å²) in [5.74, 6) is -0.241. The van der Waals surface area contributed by atoms with Crippen molar-refractivity contribution in [3.63, 3.8) is 0 Å². The molecule has 1 aromatic heterocycles. The predicted octanol–water partition coefficient (Wildman–Crippen LogP) is 1.51. The number of rotatable bonds is 3. The summed E-state index contributed by atoms with van der Waals surface area (Å²) in [6.45, 7) is 0. The first-order valence-corrected chi connectivity index (χ1v) is 3.70. The molecule has 0 amide bonds. The molecule has 12 heavy (non-hydrogen) atoms. The first-order valence-electron chi connectivity index (χ1n) is 3.32. The van der Waals surface area contributed by atoms with Crippen molar-refractivity contribution in [3.05, 3.63) is 29.0 Å². The Morgan fingerprint density at radius 2 is 2.42 bits per heavy atom. The molecule has 0 fully saturated rings. The molecular weight excluding hydrogens is 178 g/mol. The lowest BCUT2D eigenvalue weighted by Crippen LogP contribution is -1.99. The van der Waals surface area contributed by atoms with Gasteiger partial charge in [0, 0.05) is 11.8 Å². The molecule has 62 valence electrons. The highest BCUT2D eigenvalue weighted by molar-refractivity contribution is 6.29. The van der Waals surface area contributed by atoms with Crippen LogP contribution >= 0.6 is 11.6 Å². The van der Waals surface area contributed by atoms with Crippen LogP contribution in [-0.4, -0.2) is 17.1 Å². The van der Waals surface area contributed by atoms with Crippen molar-refractivity contribution in [2.75, 3.05) is 0 Å². The van der Waals surface area contributed by atoms with Crippen molar-refractivity contribution < 1.29 is 9.59 Å². The quantitative estimate of drug-likeness (QED) is 0.309. The lowest BCUT2D eigenvalue weighted by molar-refractivity contribution is -0.107. The maximum absolute atomic E-state index is 11.1. The largest absolute Gasteiger partial charge is 0.303 e. The fraction of sp³-hybridized carbons (Fsp3) is 0.125. The van der Waals surface area contributed by atoms with Gasteiger partial charge in [0.25, 0.3) is 0 Å². The minimum absolute atomic E-state index is 0.111. The zero-order valence-electron chi connectivity index (χ0n) is 6.16. The van der Waals surface area contributed by atoms with Crippen LogP contribution in [0.4, 0.5) is 0 Å². The molecule has 3 nitrogen and oxygen atoms in total. The number of hydrogen-bond acceptors (Lipinski definition) is 3. The smallest absolute Gasteiger partial charge is 0.170 e. The van der Waals surface area contributed by atoms with Crippen LogP contribution in [0.25, 0.3) is 0 Å². The van der Waals surface area contributed by atoms with Gasteiger partial charge in [-0.2, -0.15) is 0 Å². The number of ketones is 1. The van der Waals surface area contributed by atoms with Crippen LogP contribution in [0.3, 0.4) is 0 Å². The van der Waals surface area contributed by atoms with E-state index in [1.807, 2.05) is 0 Å². The van der Waals surface area contributed by atoms with Gasteiger partial charge in [-0.3, -0.25) is 4.79 Å². The monoisotopic (exact) mass is 183 g/mol. The minimum Gasteiger partial charge on any atom is -0.303 e. The lowest BCUT2D eigenvalue weighted by Gasteiger charge is -1.95. The number of pyridine rings is 1. The molecule has 1 aromatic rings. The number of Topliss-reactive ketones (excluding diaryl/α,β-unsaturated/α-hetero) is 1. The summed E-state index contributed by atoms with van der Waals surface area (Å²) >= 11 is 5.54. The Hall–Kier alpha value is -1.22. The van der Waals surface area contributed by atoms with E-state index in [0.717, 1.165) is 0 Å². The van der Waals surface area contributed by atoms with Gasteiger partial charge in [-0.1, -0.05) is 11.6 Å². The highest BCUT2D eigenvalue weighted by Crippen LogP contribution is 2.08. The van der Waals surface area contributed by atoms with Gasteiger partial charge in [0.2, 0.25) is 0 Å². The van der Waals surface area contributed by atoms with Gasteiger partial charge in [-0.25, -0.2) is 4.98 Å². The summed E-state index contributed by atoms with van der Waals surface area (Å²) in [5.41, 5.74) is 0.419. The fourth-order valence-corrected chi connectivity index (χ4v) is 0.943. The Labute approximate surface area is 74.4 Å². The van der Waals surface area contributed by atoms with Crippen LogP contribution in [0.2, 0.25) is 5.15 Å². The van der Waals surface area contributed by atoms with E-state index < -0.39 is 0 Å². The average Bonchev–Trinajstić information content (AvgIpc) is 2.05. The Morgan fingerprint density at radius 1 is 1.67 bits per heavy atom. The summed E-state index contributed by atoms with van der Waals surface area (Å²) in [6, 6.07) is 2.96. The zero-order valence-corrected chi connectivity index (χ0v) is 6.91. The second-order valence-electron chi connectivity index (χ2n) is 2.16. The van der Waals surface area contributed by atoms with Crippen LogP contribution in [0.1, 0.15) is 16.8 Å². The second-order valence-corrected chi connectivity index (χ2v) is 2.55. The number of carbonyl (C=O) groups excluding carboxylic acids is 2. The Morgan fingerprint density at radius 3 is 3.00 bits per heavy atom. The molecule has 4 heteroatoms. The first kappa shape index (κ1) is 8.87. The van der Waals surface area contributed by atoms with E-state index in [-0.39, 0.29) is 17.4 Å². The topological polar surface area (TPSA) is 47.0 Å². The molecule has 0 atom stereocenters. The molecule has 0 saturated heterocycles. The van der Waals surface area contributed by atoms with E-state index in [0.29, 0.717) is 11.8 Å². The SMILES string of the molecule is O=CCC(=O)c1ccnc(Cl)c1. The number of halogens is 1. The molecule has 0 spiro atoms. The third-order valence-electron chi connectivity index (χ3n) is 1.32. The highest BCUT2D eigenvalue weighted by Gasteiger charge is 2.04. The van der Waals surface area contributed by atoms with E-state index in [1.54, 1.807) is 0 Å². The standard InChI is InChI=1S/C8H6ClNO2/c9-8-5-6(1-3-10-8)7(12)2-4-11/h1,3-5H,2H2. The average molecular weight is 184 g/mol. The van der Waals surface area contributed by atoms with Gasteiger partial charge >= 0.3 is 0 Å². The van der Waals surface area contributed by atoms with Gasteiger partial charge in [-0.15, -0.1) is 0 Å². The van der Waals surface area contributed by atoms with Crippen LogP contribution in [0, 0.1) is 0 Å². The van der Waals surface area contributed by atoms with Gasteiger partial charge < -0.3 is 4.79 Å². The van der Waals surface area contributed by atoms with Gasteiger partial charge in [0.1, 0.15) is 11.4 Å². The number of nitrogens with zero attached hydrogens (tertiary/aromatic N) is 1. The molecule has 0 aliphatic heterocycles. The normalized spacial score (nSPS) is 9.42. The molecule has 1 rings (SSSR count). The molecule has 0 aromatic carbocycles. The summed E-state index contributed by atoms with van der Waals surface area (Å²) in [5, 5.41) is 0.256. The van der Waals surface area contributed by atoms with E-state index in [4.69, 9.17) is 11.6 Å². The van der Waals surface area contributed by atoms with Crippen molar-refractivity contribution in [2.24, 2.45) is 0 Å². The number of carbonyl (C=O) groups is 2. The van der Waals surface area contributed by atoms with Crippen molar-refractivity contribution in [2.45, 2.75) is 6.42 Å². The van der Waals surface area contributed by atoms with Crippen molar-refractivity contribution in [3.8, 4) is 0 Å². The Kier molecular flexibility index (Phi) is 2.94. The van der Waals surface area contributed by atoms with Crippen molar-refractivity contribution in [1.82, 2.24) is 4.98 Å². The van der Waals surface area contributed by atoms with Crippen LogP contribution in [-0.2, 0) is 4.79 Å². The third kappa shape index (κ3) is 2.13. The molecule has 0 saturated carbocycles. The minimum atomic E-state index is -0.241. The maximum Gasteiger partial charge on any atom is 0.170 e. The molecule has 0 unspecified atom stereocenters. The van der Waals surface area contributed by atoms with Crippen molar-refractivity contribution in [1.29, 1.82) is 0 Å². The number of aromatic nitrogens is 1. The summed E-state index contributed by atoms with van der Waals surface area (Å²) in [7, 11) is 0. The lowest BCUT2D eigenvalue weighted by atomic mass is 10.1. The van der Waals surface area contributed by atoms with E-state index in [9.17, 15) is 9.59 Å².